The monoisotopic (exact) mass is 147 g/mol. The van der Waals surface area contributed by atoms with Crippen LogP contribution in [0.15, 0.2) is 6.20 Å². The van der Waals surface area contributed by atoms with Gasteiger partial charge in [-0.3, -0.25) is 4.98 Å². The Morgan fingerprint density at radius 2 is 2.36 bits per heavy atom. The zero-order chi connectivity index (χ0) is 8.27. The van der Waals surface area contributed by atoms with Crippen LogP contribution in [0.2, 0.25) is 0 Å². The molecule has 0 saturated heterocycles. The number of hydrogen-bond acceptors (Lipinski definition) is 3. The van der Waals surface area contributed by atoms with Crippen LogP contribution in [-0.4, -0.2) is 9.97 Å². The van der Waals surface area contributed by atoms with E-state index in [2.05, 4.69) is 9.97 Å². The van der Waals surface area contributed by atoms with Gasteiger partial charge in [0.2, 0.25) is 0 Å². The lowest BCUT2D eigenvalue weighted by atomic mass is 10.2. The van der Waals surface area contributed by atoms with Crippen molar-refractivity contribution in [1.82, 2.24) is 9.97 Å². The van der Waals surface area contributed by atoms with Crippen molar-refractivity contribution in [2.75, 3.05) is 0 Å². The van der Waals surface area contributed by atoms with Crippen molar-refractivity contribution in [3.05, 3.63) is 23.3 Å². The van der Waals surface area contributed by atoms with Gasteiger partial charge in [0, 0.05) is 6.20 Å². The molecule has 0 radical (unpaired) electrons. The van der Waals surface area contributed by atoms with Crippen LogP contribution in [0.4, 0.5) is 0 Å². The Kier molecular flexibility index (Phi) is 2.17. The highest BCUT2D eigenvalue weighted by Crippen LogP contribution is 2.02. The molecular weight excluding hydrogens is 138 g/mol. The van der Waals surface area contributed by atoms with Crippen LogP contribution in [0.3, 0.4) is 0 Å². The summed E-state index contributed by atoms with van der Waals surface area (Å²) >= 11 is 0. The van der Waals surface area contributed by atoms with Crippen LogP contribution in [0.25, 0.3) is 0 Å². The van der Waals surface area contributed by atoms with Crippen LogP contribution in [0.5, 0.6) is 0 Å². The third kappa shape index (κ3) is 1.53. The quantitative estimate of drug-likeness (QED) is 0.600. The van der Waals surface area contributed by atoms with E-state index in [4.69, 9.17) is 5.26 Å². The van der Waals surface area contributed by atoms with E-state index in [0.29, 0.717) is 5.69 Å². The van der Waals surface area contributed by atoms with Crippen LogP contribution < -0.4 is 0 Å². The molecule has 0 aliphatic heterocycles. The molecule has 0 aromatic carbocycles. The summed E-state index contributed by atoms with van der Waals surface area (Å²) in [6.45, 7) is 3.79. The maximum absolute atomic E-state index is 8.62. The lowest BCUT2D eigenvalue weighted by molar-refractivity contribution is 0.959. The van der Waals surface area contributed by atoms with Gasteiger partial charge in [-0.1, -0.05) is 6.92 Å². The highest BCUT2D eigenvalue weighted by Gasteiger charge is 2.01. The van der Waals surface area contributed by atoms with Crippen LogP contribution in [0, 0.1) is 18.3 Å². The third-order valence-electron chi connectivity index (χ3n) is 1.41. The van der Waals surface area contributed by atoms with E-state index in [0.717, 1.165) is 17.8 Å². The molecule has 56 valence electrons. The smallest absolute Gasteiger partial charge is 0.162 e. The molecule has 3 nitrogen and oxygen atoms in total. The van der Waals surface area contributed by atoms with Gasteiger partial charge in [0.05, 0.1) is 11.4 Å². The summed E-state index contributed by atoms with van der Waals surface area (Å²) < 4.78 is 0. The molecule has 1 rings (SSSR count). The second-order valence-corrected chi connectivity index (χ2v) is 2.27. The van der Waals surface area contributed by atoms with Gasteiger partial charge in [-0.2, -0.15) is 5.26 Å². The van der Waals surface area contributed by atoms with Crippen molar-refractivity contribution in [3.8, 4) is 6.07 Å². The van der Waals surface area contributed by atoms with Gasteiger partial charge in [0.15, 0.2) is 5.69 Å². The van der Waals surface area contributed by atoms with Gasteiger partial charge in [-0.25, -0.2) is 4.98 Å². The first-order chi connectivity index (χ1) is 5.27. The van der Waals surface area contributed by atoms with Crippen LogP contribution in [0.1, 0.15) is 24.0 Å². The minimum atomic E-state index is 0.451. The van der Waals surface area contributed by atoms with Gasteiger partial charge in [-0.05, 0) is 13.3 Å². The average molecular weight is 147 g/mol. The van der Waals surface area contributed by atoms with Crippen molar-refractivity contribution in [2.45, 2.75) is 20.3 Å². The summed E-state index contributed by atoms with van der Waals surface area (Å²) in [4.78, 5) is 8.12. The van der Waals surface area contributed by atoms with Crippen LogP contribution in [-0.2, 0) is 6.42 Å². The average Bonchev–Trinajstić information content (AvgIpc) is 2.04. The topological polar surface area (TPSA) is 49.6 Å². The normalized spacial score (nSPS) is 9.18. The SMILES string of the molecule is CCc1ncc(C)nc1C#N. The van der Waals surface area contributed by atoms with Gasteiger partial charge in [-0.15, -0.1) is 0 Å². The molecule has 0 N–H and O–H groups in total. The molecule has 0 atom stereocenters. The fourth-order valence-corrected chi connectivity index (χ4v) is 0.850. The van der Waals surface area contributed by atoms with Crippen molar-refractivity contribution in [1.29, 1.82) is 5.26 Å². The summed E-state index contributed by atoms with van der Waals surface area (Å²) in [5, 5.41) is 8.62. The molecule has 0 bridgehead atoms. The Morgan fingerprint density at radius 3 is 2.91 bits per heavy atom. The van der Waals surface area contributed by atoms with Crippen molar-refractivity contribution in [3.63, 3.8) is 0 Å². The number of aromatic nitrogens is 2. The Bertz CT molecular complexity index is 299. The summed E-state index contributed by atoms with van der Waals surface area (Å²) in [5.41, 5.74) is 2.02. The summed E-state index contributed by atoms with van der Waals surface area (Å²) in [6, 6.07) is 2.01. The van der Waals surface area contributed by atoms with Crippen LogP contribution >= 0.6 is 0 Å². The highest BCUT2D eigenvalue weighted by atomic mass is 14.8. The maximum atomic E-state index is 8.62. The van der Waals surface area contributed by atoms with Crippen molar-refractivity contribution >= 4 is 0 Å². The summed E-state index contributed by atoms with van der Waals surface area (Å²) in [7, 11) is 0. The molecule has 1 aromatic rings. The van der Waals surface area contributed by atoms with E-state index in [1.54, 1.807) is 6.20 Å². The first-order valence-electron chi connectivity index (χ1n) is 3.50. The molecule has 0 aliphatic carbocycles. The molecule has 0 aliphatic rings. The number of nitriles is 1. The molecule has 0 unspecified atom stereocenters. The molecule has 1 heterocycles. The Hall–Kier alpha value is -1.43. The Morgan fingerprint density at radius 1 is 1.64 bits per heavy atom. The van der Waals surface area contributed by atoms with E-state index in [1.807, 2.05) is 19.9 Å². The van der Waals surface area contributed by atoms with Gasteiger partial charge < -0.3 is 0 Å². The molecular formula is C8H9N3. The van der Waals surface area contributed by atoms with E-state index in [1.165, 1.54) is 0 Å². The Balaban J connectivity index is 3.19. The summed E-state index contributed by atoms with van der Waals surface area (Å²) in [5.74, 6) is 0. The van der Waals surface area contributed by atoms with Gasteiger partial charge in [0.25, 0.3) is 0 Å². The minimum absolute atomic E-state index is 0.451. The van der Waals surface area contributed by atoms with Crippen molar-refractivity contribution in [2.24, 2.45) is 0 Å². The summed E-state index contributed by atoms with van der Waals surface area (Å²) in [6.07, 6.45) is 2.44. The fourth-order valence-electron chi connectivity index (χ4n) is 0.850. The predicted octanol–water partition coefficient (Wildman–Crippen LogP) is 1.22. The standard InChI is InChI=1S/C8H9N3/c1-3-7-8(4-9)11-6(2)5-10-7/h5H,3H2,1-2H3. The lowest BCUT2D eigenvalue weighted by Crippen LogP contribution is -1.97. The van der Waals surface area contributed by atoms with E-state index in [-0.39, 0.29) is 0 Å². The second-order valence-electron chi connectivity index (χ2n) is 2.27. The largest absolute Gasteiger partial charge is 0.256 e. The molecule has 0 amide bonds. The van der Waals surface area contributed by atoms with E-state index >= 15 is 0 Å². The first-order valence-corrected chi connectivity index (χ1v) is 3.50. The fraction of sp³-hybridized carbons (Fsp3) is 0.375. The predicted molar refractivity (Wildman–Crippen MR) is 40.9 cm³/mol. The number of nitrogens with zero attached hydrogens (tertiary/aromatic N) is 3. The molecule has 1 aromatic heterocycles. The second kappa shape index (κ2) is 3.11. The third-order valence-corrected chi connectivity index (χ3v) is 1.41. The molecule has 3 heteroatoms. The Labute approximate surface area is 65.7 Å². The van der Waals surface area contributed by atoms with Gasteiger partial charge >= 0.3 is 0 Å². The molecule has 0 spiro atoms. The molecule has 0 saturated carbocycles. The molecule has 11 heavy (non-hydrogen) atoms. The number of rotatable bonds is 1. The number of aryl methyl sites for hydroxylation is 2. The van der Waals surface area contributed by atoms with Gasteiger partial charge in [0.1, 0.15) is 6.07 Å². The lowest BCUT2D eigenvalue weighted by Gasteiger charge is -1.97. The zero-order valence-electron chi connectivity index (χ0n) is 6.63. The maximum Gasteiger partial charge on any atom is 0.162 e. The highest BCUT2D eigenvalue weighted by molar-refractivity contribution is 5.26. The minimum Gasteiger partial charge on any atom is -0.256 e. The van der Waals surface area contributed by atoms with E-state index in [9.17, 15) is 0 Å². The molecule has 0 fully saturated rings. The van der Waals surface area contributed by atoms with Crippen molar-refractivity contribution < 1.29 is 0 Å². The van der Waals surface area contributed by atoms with E-state index < -0.39 is 0 Å². The zero-order valence-corrected chi connectivity index (χ0v) is 6.63. The number of hydrogen-bond donors (Lipinski definition) is 0. The first kappa shape index (κ1) is 7.67.